The summed E-state index contributed by atoms with van der Waals surface area (Å²) in [7, 11) is 0. The van der Waals surface area contributed by atoms with E-state index in [1.54, 1.807) is 19.2 Å². The normalized spacial score (nSPS) is 12.8. The van der Waals surface area contributed by atoms with E-state index in [2.05, 4.69) is 20.4 Å². The third-order valence-electron chi connectivity index (χ3n) is 3.55. The highest BCUT2D eigenvalue weighted by Crippen LogP contribution is 2.23. The van der Waals surface area contributed by atoms with E-state index in [0.717, 1.165) is 24.2 Å². The van der Waals surface area contributed by atoms with Crippen LogP contribution in [-0.2, 0) is 28.9 Å². The molecule has 1 amide bonds. The Bertz CT molecular complexity index is 774. The van der Waals surface area contributed by atoms with Crippen molar-refractivity contribution < 1.29 is 23.6 Å². The molecule has 25 heavy (non-hydrogen) atoms. The number of amides is 1. The van der Waals surface area contributed by atoms with Crippen molar-refractivity contribution in [2.24, 2.45) is 0 Å². The Morgan fingerprint density at radius 2 is 2.28 bits per heavy atom. The van der Waals surface area contributed by atoms with Crippen molar-refractivity contribution in [1.82, 2.24) is 20.4 Å². The molecule has 0 aliphatic carbocycles. The highest BCUT2D eigenvalue weighted by atomic mass is 16.5. The summed E-state index contributed by atoms with van der Waals surface area (Å²) >= 11 is 0. The van der Waals surface area contributed by atoms with Crippen LogP contribution in [-0.4, -0.2) is 40.2 Å². The summed E-state index contributed by atoms with van der Waals surface area (Å²) in [5.41, 5.74) is 1.28. The average molecular weight is 346 g/mol. The van der Waals surface area contributed by atoms with E-state index in [1.165, 1.54) is 0 Å². The minimum Gasteiger partial charge on any atom is -0.492 e. The average Bonchev–Trinajstić information content (AvgIpc) is 3.06. The first kappa shape index (κ1) is 16.9. The molecule has 0 saturated heterocycles. The number of carbonyl (C=O) groups is 2. The van der Waals surface area contributed by atoms with Crippen molar-refractivity contribution in [3.05, 3.63) is 35.2 Å². The Labute approximate surface area is 143 Å². The fourth-order valence-corrected chi connectivity index (χ4v) is 2.40. The van der Waals surface area contributed by atoms with E-state index in [1.807, 2.05) is 0 Å². The Hall–Kier alpha value is -2.97. The van der Waals surface area contributed by atoms with Gasteiger partial charge in [0.05, 0.1) is 26.0 Å². The molecular formula is C16H18N4O5. The topological polar surface area (TPSA) is 116 Å². The second-order valence-corrected chi connectivity index (χ2v) is 5.40. The van der Waals surface area contributed by atoms with Gasteiger partial charge < -0.3 is 19.3 Å². The summed E-state index contributed by atoms with van der Waals surface area (Å²) in [5.74, 6) is 0.359. The molecule has 132 valence electrons. The van der Waals surface area contributed by atoms with E-state index in [4.69, 9.17) is 14.0 Å². The number of nitrogens with one attached hydrogen (secondary N) is 1. The second kappa shape index (κ2) is 7.73. The molecule has 3 rings (SSSR count). The number of esters is 1. The van der Waals surface area contributed by atoms with Crippen LogP contribution in [0, 0.1) is 0 Å². The highest BCUT2D eigenvalue weighted by Gasteiger charge is 2.16. The zero-order valence-electron chi connectivity index (χ0n) is 13.8. The molecule has 2 aromatic rings. The Morgan fingerprint density at radius 3 is 3.12 bits per heavy atom. The van der Waals surface area contributed by atoms with Gasteiger partial charge in [0.25, 0.3) is 5.91 Å². The number of fused-ring (bicyclic) bond motifs is 1. The van der Waals surface area contributed by atoms with Crippen molar-refractivity contribution in [3.8, 4) is 5.75 Å². The summed E-state index contributed by atoms with van der Waals surface area (Å²) < 4.78 is 15.2. The van der Waals surface area contributed by atoms with Gasteiger partial charge in [0.2, 0.25) is 5.89 Å². The summed E-state index contributed by atoms with van der Waals surface area (Å²) in [6, 6.07) is 1.73. The number of carbonyl (C=O) groups excluding carboxylic acids is 2. The number of hydrogen-bond acceptors (Lipinski definition) is 8. The molecule has 0 unspecified atom stereocenters. The lowest BCUT2D eigenvalue weighted by Crippen LogP contribution is -2.25. The number of aromatic nitrogens is 3. The molecule has 3 heterocycles. The number of ether oxygens (including phenoxy) is 2. The number of nitrogens with zero attached hydrogens (tertiary/aromatic N) is 3. The van der Waals surface area contributed by atoms with Crippen LogP contribution < -0.4 is 10.1 Å². The summed E-state index contributed by atoms with van der Waals surface area (Å²) in [6.07, 6.45) is 3.25. The fourth-order valence-electron chi connectivity index (χ4n) is 2.40. The van der Waals surface area contributed by atoms with E-state index in [9.17, 15) is 9.59 Å². The van der Waals surface area contributed by atoms with Crippen LogP contribution in [0.1, 0.15) is 41.1 Å². The van der Waals surface area contributed by atoms with Crippen LogP contribution in [0.4, 0.5) is 0 Å². The van der Waals surface area contributed by atoms with Crippen LogP contribution >= 0.6 is 0 Å². The fraction of sp³-hybridized carbons (Fsp3) is 0.438. The van der Waals surface area contributed by atoms with Gasteiger partial charge in [-0.25, -0.2) is 4.98 Å². The lowest BCUT2D eigenvalue weighted by atomic mass is 10.1. The first-order valence-electron chi connectivity index (χ1n) is 8.02. The Balaban J connectivity index is 1.55. The zero-order chi connectivity index (χ0) is 17.6. The lowest BCUT2D eigenvalue weighted by Gasteiger charge is -2.16. The number of aryl methyl sites for hydroxylation is 1. The first-order valence-corrected chi connectivity index (χ1v) is 8.02. The van der Waals surface area contributed by atoms with Crippen LogP contribution in [0.25, 0.3) is 0 Å². The van der Waals surface area contributed by atoms with Gasteiger partial charge in [-0.15, -0.1) is 0 Å². The Morgan fingerprint density at radius 1 is 1.40 bits per heavy atom. The van der Waals surface area contributed by atoms with E-state index < -0.39 is 5.97 Å². The monoisotopic (exact) mass is 346 g/mol. The SMILES string of the molecule is CCOC(=O)Cc1nc(CNC(=O)c2cc3c(cn2)OCCC3)no1. The first-order chi connectivity index (χ1) is 12.2. The van der Waals surface area contributed by atoms with Crippen molar-refractivity contribution in [1.29, 1.82) is 0 Å². The third kappa shape index (κ3) is 4.31. The molecule has 9 heteroatoms. The Kier molecular flexibility index (Phi) is 5.22. The van der Waals surface area contributed by atoms with Crippen LogP contribution in [0.3, 0.4) is 0 Å². The predicted octanol–water partition coefficient (Wildman–Crippen LogP) is 0.825. The smallest absolute Gasteiger partial charge is 0.315 e. The van der Waals surface area contributed by atoms with Gasteiger partial charge in [0, 0.05) is 0 Å². The maximum Gasteiger partial charge on any atom is 0.315 e. The van der Waals surface area contributed by atoms with Gasteiger partial charge in [0.15, 0.2) is 5.82 Å². The summed E-state index contributed by atoms with van der Waals surface area (Å²) in [6.45, 7) is 2.74. The molecule has 1 aliphatic rings. The summed E-state index contributed by atoms with van der Waals surface area (Å²) in [5, 5.41) is 6.39. The van der Waals surface area contributed by atoms with Crippen molar-refractivity contribution >= 4 is 11.9 Å². The number of rotatable bonds is 6. The van der Waals surface area contributed by atoms with E-state index in [0.29, 0.717) is 12.3 Å². The predicted molar refractivity (Wildman–Crippen MR) is 83.9 cm³/mol. The molecule has 0 saturated carbocycles. The van der Waals surface area contributed by atoms with Crippen LogP contribution in [0.2, 0.25) is 0 Å². The molecule has 0 aromatic carbocycles. The molecule has 0 bridgehead atoms. The maximum absolute atomic E-state index is 12.2. The number of hydrogen-bond donors (Lipinski definition) is 1. The molecule has 9 nitrogen and oxygen atoms in total. The zero-order valence-corrected chi connectivity index (χ0v) is 13.8. The quantitative estimate of drug-likeness (QED) is 0.764. The van der Waals surface area contributed by atoms with Gasteiger partial charge >= 0.3 is 5.97 Å². The van der Waals surface area contributed by atoms with Gasteiger partial charge in [0.1, 0.15) is 17.9 Å². The van der Waals surface area contributed by atoms with Crippen molar-refractivity contribution in [3.63, 3.8) is 0 Å². The standard InChI is InChI=1S/C16H18N4O5/c1-2-23-15(21)7-14-19-13(20-25-14)9-18-16(22)11-6-10-4-3-5-24-12(10)8-17-11/h6,8H,2-5,7,9H2,1H3,(H,18,22). The van der Waals surface area contributed by atoms with Crippen molar-refractivity contribution in [2.75, 3.05) is 13.2 Å². The van der Waals surface area contributed by atoms with E-state index >= 15 is 0 Å². The van der Waals surface area contributed by atoms with Gasteiger partial charge in [-0.2, -0.15) is 4.98 Å². The molecule has 0 radical (unpaired) electrons. The molecule has 1 N–H and O–H groups in total. The minimum absolute atomic E-state index is 0.0699. The van der Waals surface area contributed by atoms with Crippen LogP contribution in [0.15, 0.2) is 16.8 Å². The largest absolute Gasteiger partial charge is 0.492 e. The summed E-state index contributed by atoms with van der Waals surface area (Å²) in [4.78, 5) is 31.7. The van der Waals surface area contributed by atoms with Gasteiger partial charge in [-0.1, -0.05) is 5.16 Å². The second-order valence-electron chi connectivity index (χ2n) is 5.40. The number of pyridine rings is 1. The minimum atomic E-state index is -0.442. The van der Waals surface area contributed by atoms with Crippen LogP contribution in [0.5, 0.6) is 5.75 Å². The van der Waals surface area contributed by atoms with Gasteiger partial charge in [-0.05, 0) is 31.4 Å². The molecule has 1 aliphatic heterocycles. The molecule has 0 fully saturated rings. The van der Waals surface area contributed by atoms with Gasteiger partial charge in [-0.3, -0.25) is 9.59 Å². The molecule has 0 spiro atoms. The lowest BCUT2D eigenvalue weighted by molar-refractivity contribution is -0.142. The highest BCUT2D eigenvalue weighted by molar-refractivity contribution is 5.92. The molecule has 2 aromatic heterocycles. The van der Waals surface area contributed by atoms with E-state index in [-0.39, 0.29) is 37.2 Å². The maximum atomic E-state index is 12.2. The third-order valence-corrected chi connectivity index (χ3v) is 3.55. The molecule has 0 atom stereocenters. The molecular weight excluding hydrogens is 328 g/mol. The van der Waals surface area contributed by atoms with Crippen molar-refractivity contribution in [2.45, 2.75) is 32.7 Å².